The summed E-state index contributed by atoms with van der Waals surface area (Å²) in [5, 5.41) is 4.58. The van der Waals surface area contributed by atoms with Crippen LogP contribution in [0.5, 0.6) is 0 Å². The fourth-order valence-corrected chi connectivity index (χ4v) is 8.69. The van der Waals surface area contributed by atoms with Crippen LogP contribution in [0.3, 0.4) is 0 Å². The van der Waals surface area contributed by atoms with Gasteiger partial charge in [0.2, 0.25) is 0 Å². The predicted octanol–water partition coefficient (Wildman–Crippen LogP) is 12.4. The Labute approximate surface area is 306 Å². The molecular weight excluding hydrogens is 647 g/mol. The second-order valence-electron chi connectivity index (χ2n) is 14.4. The first-order valence-electron chi connectivity index (χ1n) is 18.0. The summed E-state index contributed by atoms with van der Waals surface area (Å²) in [6.45, 7) is 4.69. The third kappa shape index (κ3) is 4.25. The van der Waals surface area contributed by atoms with Gasteiger partial charge in [-0.1, -0.05) is 129 Å². The summed E-state index contributed by atoms with van der Waals surface area (Å²) in [5.41, 5.74) is 14.9. The molecule has 248 valence electrons. The first-order chi connectivity index (χ1) is 26.1. The lowest BCUT2D eigenvalue weighted by Crippen LogP contribution is -2.14. The Hall–Kier alpha value is -6.96. The van der Waals surface area contributed by atoms with Crippen LogP contribution in [0.15, 0.2) is 156 Å². The SMILES string of the molecule is CC1(C)c2ccccc2-c2c1ccc1c2c2ccccc2n1-c1cccc2c1oc1cccc(-c3cc(-c4ccccc4)nc(-c4cc#ccc4)n3)c12. The number of aromatic nitrogens is 3. The van der Waals surface area contributed by atoms with Gasteiger partial charge in [0, 0.05) is 43.7 Å². The maximum absolute atomic E-state index is 6.91. The van der Waals surface area contributed by atoms with Crippen molar-refractivity contribution in [2.24, 2.45) is 0 Å². The third-order valence-electron chi connectivity index (χ3n) is 11.1. The van der Waals surface area contributed by atoms with Crippen molar-refractivity contribution in [3.63, 3.8) is 0 Å². The van der Waals surface area contributed by atoms with Crippen molar-refractivity contribution in [1.82, 2.24) is 14.5 Å². The highest BCUT2D eigenvalue weighted by Gasteiger charge is 2.37. The Morgan fingerprint density at radius 1 is 0.585 bits per heavy atom. The van der Waals surface area contributed by atoms with E-state index in [4.69, 9.17) is 14.4 Å². The molecule has 0 spiro atoms. The fraction of sp³-hybridized carbons (Fsp3) is 0.0612. The summed E-state index contributed by atoms with van der Waals surface area (Å²) in [6.07, 6.45) is 0. The molecule has 0 saturated heterocycles. The highest BCUT2D eigenvalue weighted by atomic mass is 16.3. The van der Waals surface area contributed by atoms with E-state index in [0.29, 0.717) is 5.82 Å². The standard InChI is InChI=1S/C49H31N3O/c1-49(2)36-23-11-9-19-32(36)45-37(49)27-28-41-46(45)34-20-10-12-24-40(34)52(41)42-25-13-22-35-44-33(21-14-26-43(44)53-47(35)42)39-29-38(30-15-5-3-6-16-30)50-48(51-39)31-17-7-4-8-18-31/h3,5-7,9-29H,1-2H3. The lowest BCUT2D eigenvalue weighted by atomic mass is 9.82. The van der Waals surface area contributed by atoms with Crippen molar-refractivity contribution in [1.29, 1.82) is 0 Å². The second-order valence-corrected chi connectivity index (χ2v) is 14.4. The molecule has 4 nitrogen and oxygen atoms in total. The lowest BCUT2D eigenvalue weighted by molar-refractivity contribution is 0.660. The van der Waals surface area contributed by atoms with Crippen molar-refractivity contribution in [2.45, 2.75) is 19.3 Å². The molecule has 0 bridgehead atoms. The van der Waals surface area contributed by atoms with Gasteiger partial charge in [-0.15, -0.1) is 0 Å². The van der Waals surface area contributed by atoms with Crippen molar-refractivity contribution >= 4 is 43.7 Å². The highest BCUT2D eigenvalue weighted by Crippen LogP contribution is 2.53. The van der Waals surface area contributed by atoms with Crippen LogP contribution in [0.1, 0.15) is 25.0 Å². The van der Waals surface area contributed by atoms with Gasteiger partial charge in [-0.25, -0.2) is 9.97 Å². The van der Waals surface area contributed by atoms with Gasteiger partial charge in [0.1, 0.15) is 5.58 Å². The number of benzene rings is 6. The summed E-state index contributed by atoms with van der Waals surface area (Å²) in [7, 11) is 0. The van der Waals surface area contributed by atoms with Crippen LogP contribution in [0.4, 0.5) is 0 Å². The van der Waals surface area contributed by atoms with E-state index in [9.17, 15) is 0 Å². The summed E-state index contributed by atoms with van der Waals surface area (Å²) in [5.74, 6) is 0.639. The number of rotatable bonds is 4. The number of furan rings is 1. The van der Waals surface area contributed by atoms with E-state index in [2.05, 4.69) is 146 Å². The number of nitrogens with zero attached hydrogens (tertiary/aromatic N) is 3. The average molecular weight is 678 g/mol. The van der Waals surface area contributed by atoms with E-state index in [1.54, 1.807) is 0 Å². The smallest absolute Gasteiger partial charge is 0.161 e. The Morgan fingerprint density at radius 2 is 1.36 bits per heavy atom. The van der Waals surface area contributed by atoms with Gasteiger partial charge in [-0.2, -0.15) is 0 Å². The van der Waals surface area contributed by atoms with Crippen LogP contribution in [0.2, 0.25) is 0 Å². The number of hydrogen-bond donors (Lipinski definition) is 0. The van der Waals surface area contributed by atoms with Crippen LogP contribution in [-0.2, 0) is 5.41 Å². The summed E-state index contributed by atoms with van der Waals surface area (Å²) in [6, 6.07) is 59.2. The van der Waals surface area contributed by atoms with Crippen molar-refractivity contribution in [2.75, 3.05) is 0 Å². The molecule has 10 aromatic rings. The molecule has 11 rings (SSSR count). The first-order valence-corrected chi connectivity index (χ1v) is 18.0. The normalized spacial score (nSPS) is 13.1. The Balaban J connectivity index is 1.18. The van der Waals surface area contributed by atoms with E-state index in [0.717, 1.165) is 66.7 Å². The minimum Gasteiger partial charge on any atom is -0.454 e. The molecule has 0 aliphatic heterocycles. The average Bonchev–Trinajstić information content (AvgIpc) is 3.84. The first kappa shape index (κ1) is 29.7. The maximum atomic E-state index is 6.91. The topological polar surface area (TPSA) is 43.9 Å². The number of hydrogen-bond acceptors (Lipinski definition) is 3. The molecule has 0 atom stereocenters. The molecule has 1 aliphatic rings. The molecule has 0 fully saturated rings. The van der Waals surface area contributed by atoms with E-state index < -0.39 is 0 Å². The van der Waals surface area contributed by atoms with Gasteiger partial charge < -0.3 is 8.98 Å². The van der Waals surface area contributed by atoms with Crippen LogP contribution >= 0.6 is 0 Å². The quantitative estimate of drug-likeness (QED) is 0.186. The summed E-state index contributed by atoms with van der Waals surface area (Å²) in [4.78, 5) is 10.2. The predicted molar refractivity (Wildman–Crippen MR) is 215 cm³/mol. The Kier molecular flexibility index (Phi) is 6.18. The minimum absolute atomic E-state index is 0.0864. The van der Waals surface area contributed by atoms with Gasteiger partial charge >= 0.3 is 0 Å². The molecule has 3 aromatic heterocycles. The Morgan fingerprint density at radius 3 is 2.25 bits per heavy atom. The van der Waals surface area contributed by atoms with Crippen molar-refractivity contribution in [3.05, 3.63) is 175 Å². The van der Waals surface area contributed by atoms with Crippen molar-refractivity contribution in [3.8, 4) is 50.7 Å². The molecule has 0 saturated carbocycles. The molecule has 3 heterocycles. The van der Waals surface area contributed by atoms with Crippen LogP contribution in [0, 0.1) is 12.1 Å². The second kappa shape index (κ2) is 11.0. The lowest BCUT2D eigenvalue weighted by Gasteiger charge is -2.21. The largest absolute Gasteiger partial charge is 0.454 e. The molecule has 1 aliphatic carbocycles. The molecule has 0 amide bonds. The van der Waals surface area contributed by atoms with Crippen LogP contribution < -0.4 is 0 Å². The third-order valence-corrected chi connectivity index (χ3v) is 11.1. The van der Waals surface area contributed by atoms with E-state index in [-0.39, 0.29) is 5.41 Å². The van der Waals surface area contributed by atoms with E-state index in [1.165, 1.54) is 33.0 Å². The molecule has 0 radical (unpaired) electrons. The van der Waals surface area contributed by atoms with Crippen LogP contribution in [-0.4, -0.2) is 14.5 Å². The fourth-order valence-electron chi connectivity index (χ4n) is 8.69. The zero-order chi connectivity index (χ0) is 35.3. The zero-order valence-corrected chi connectivity index (χ0v) is 29.2. The number of fused-ring (bicyclic) bond motifs is 10. The highest BCUT2D eigenvalue weighted by molar-refractivity contribution is 6.19. The minimum atomic E-state index is -0.0864. The molecule has 0 unspecified atom stereocenters. The Bertz CT molecular complexity index is 3020. The van der Waals surface area contributed by atoms with Gasteiger partial charge in [-0.05, 0) is 70.8 Å². The molecule has 53 heavy (non-hydrogen) atoms. The zero-order valence-electron chi connectivity index (χ0n) is 29.2. The van der Waals surface area contributed by atoms with E-state index >= 15 is 0 Å². The van der Waals surface area contributed by atoms with Gasteiger partial charge in [0.25, 0.3) is 0 Å². The summed E-state index contributed by atoms with van der Waals surface area (Å²) >= 11 is 0. The molecule has 7 aromatic carbocycles. The molecular formula is C49H31N3O. The number of para-hydroxylation sites is 2. The molecule has 4 heteroatoms. The maximum Gasteiger partial charge on any atom is 0.161 e. The van der Waals surface area contributed by atoms with Gasteiger partial charge in [0.05, 0.1) is 28.1 Å². The monoisotopic (exact) mass is 677 g/mol. The van der Waals surface area contributed by atoms with E-state index in [1.807, 2.05) is 36.4 Å². The van der Waals surface area contributed by atoms with Crippen molar-refractivity contribution < 1.29 is 4.42 Å². The van der Waals surface area contributed by atoms with Crippen LogP contribution in [0.25, 0.3) is 94.5 Å². The van der Waals surface area contributed by atoms with Gasteiger partial charge in [0.15, 0.2) is 11.4 Å². The molecule has 0 N–H and O–H groups in total. The summed E-state index contributed by atoms with van der Waals surface area (Å²) < 4.78 is 9.30. The van der Waals surface area contributed by atoms with Gasteiger partial charge in [-0.3, -0.25) is 0 Å².